The van der Waals surface area contributed by atoms with E-state index in [0.717, 1.165) is 6.07 Å². The first-order valence-corrected chi connectivity index (χ1v) is 6.67. The fraction of sp³-hybridized carbons (Fsp3) is 0.118. The Morgan fingerprint density at radius 2 is 1.82 bits per heavy atom. The summed E-state index contributed by atoms with van der Waals surface area (Å²) in [5, 5.41) is 0.246. The van der Waals surface area contributed by atoms with Crippen LogP contribution in [-0.4, -0.2) is 17.9 Å². The molecule has 0 aliphatic rings. The van der Waals surface area contributed by atoms with E-state index in [-0.39, 0.29) is 22.2 Å². The second kappa shape index (κ2) is 5.26. The molecule has 1 heterocycles. The van der Waals surface area contributed by atoms with Crippen LogP contribution in [0.4, 0.5) is 8.78 Å². The first-order chi connectivity index (χ1) is 10.5. The Morgan fingerprint density at radius 1 is 1.14 bits per heavy atom. The van der Waals surface area contributed by atoms with Gasteiger partial charge in [-0.2, -0.15) is 0 Å². The predicted molar refractivity (Wildman–Crippen MR) is 79.4 cm³/mol. The number of hydrogen-bond donors (Lipinski definition) is 1. The van der Waals surface area contributed by atoms with E-state index in [4.69, 9.17) is 4.74 Å². The van der Waals surface area contributed by atoms with Gasteiger partial charge in [0.05, 0.1) is 18.2 Å². The SMILES string of the molecule is COc1ccc(C(=O)c2c(C)[nH]c3c(F)cc(F)cc23)cc1. The monoisotopic (exact) mass is 301 g/mol. The lowest BCUT2D eigenvalue weighted by atomic mass is 10.0. The molecule has 112 valence electrons. The van der Waals surface area contributed by atoms with Crippen LogP contribution < -0.4 is 4.74 Å². The Hall–Kier alpha value is -2.69. The number of benzene rings is 2. The van der Waals surface area contributed by atoms with Crippen LogP contribution in [0, 0.1) is 18.6 Å². The van der Waals surface area contributed by atoms with Crippen LogP contribution in [0.25, 0.3) is 10.9 Å². The molecule has 0 bridgehead atoms. The van der Waals surface area contributed by atoms with Crippen molar-refractivity contribution in [1.82, 2.24) is 4.98 Å². The number of aromatic amines is 1. The number of carbonyl (C=O) groups is 1. The molecule has 0 amide bonds. The van der Waals surface area contributed by atoms with Gasteiger partial charge in [0.15, 0.2) is 5.78 Å². The predicted octanol–water partition coefficient (Wildman–Crippen LogP) is 3.99. The summed E-state index contributed by atoms with van der Waals surface area (Å²) in [6.07, 6.45) is 0. The van der Waals surface area contributed by atoms with Crippen LogP contribution in [0.1, 0.15) is 21.6 Å². The summed E-state index contributed by atoms with van der Waals surface area (Å²) in [7, 11) is 1.53. The normalized spacial score (nSPS) is 10.9. The number of halogens is 2. The highest BCUT2D eigenvalue weighted by Gasteiger charge is 2.20. The van der Waals surface area contributed by atoms with Gasteiger partial charge < -0.3 is 9.72 Å². The number of hydrogen-bond acceptors (Lipinski definition) is 2. The molecule has 0 atom stereocenters. The second-order valence-corrected chi connectivity index (χ2v) is 4.99. The zero-order chi connectivity index (χ0) is 15.9. The topological polar surface area (TPSA) is 42.1 Å². The third-order valence-electron chi connectivity index (χ3n) is 3.59. The van der Waals surface area contributed by atoms with Crippen molar-refractivity contribution in [2.24, 2.45) is 0 Å². The summed E-state index contributed by atoms with van der Waals surface area (Å²) >= 11 is 0. The van der Waals surface area contributed by atoms with Gasteiger partial charge in [0.2, 0.25) is 0 Å². The minimum Gasteiger partial charge on any atom is -0.497 e. The van der Waals surface area contributed by atoms with E-state index in [1.807, 2.05) is 0 Å². The summed E-state index contributed by atoms with van der Waals surface area (Å²) < 4.78 is 32.3. The van der Waals surface area contributed by atoms with Gasteiger partial charge in [-0.3, -0.25) is 4.79 Å². The van der Waals surface area contributed by atoms with Crippen molar-refractivity contribution in [2.75, 3.05) is 7.11 Å². The number of nitrogens with one attached hydrogen (secondary N) is 1. The summed E-state index contributed by atoms with van der Waals surface area (Å²) in [4.78, 5) is 15.5. The van der Waals surface area contributed by atoms with Gasteiger partial charge in [0.1, 0.15) is 17.4 Å². The van der Waals surface area contributed by atoms with Crippen molar-refractivity contribution in [3.63, 3.8) is 0 Å². The van der Waals surface area contributed by atoms with E-state index in [1.54, 1.807) is 31.2 Å². The zero-order valence-electron chi connectivity index (χ0n) is 12.0. The average molecular weight is 301 g/mol. The van der Waals surface area contributed by atoms with Crippen LogP contribution in [0.5, 0.6) is 5.75 Å². The van der Waals surface area contributed by atoms with Gasteiger partial charge in [-0.05, 0) is 37.3 Å². The number of carbonyl (C=O) groups excluding carboxylic acids is 1. The van der Waals surface area contributed by atoms with Gasteiger partial charge in [0, 0.05) is 22.7 Å². The van der Waals surface area contributed by atoms with Crippen LogP contribution in [0.3, 0.4) is 0 Å². The number of H-pyrrole nitrogens is 1. The lowest BCUT2D eigenvalue weighted by molar-refractivity contribution is 0.103. The lowest BCUT2D eigenvalue weighted by Gasteiger charge is -2.04. The highest BCUT2D eigenvalue weighted by molar-refractivity contribution is 6.17. The van der Waals surface area contributed by atoms with E-state index in [0.29, 0.717) is 17.0 Å². The average Bonchev–Trinajstić information content (AvgIpc) is 2.83. The molecule has 0 aliphatic heterocycles. The third kappa shape index (κ3) is 2.24. The molecule has 22 heavy (non-hydrogen) atoms. The quantitative estimate of drug-likeness (QED) is 0.743. The molecule has 1 aromatic heterocycles. The van der Waals surface area contributed by atoms with E-state index >= 15 is 0 Å². The summed E-state index contributed by atoms with van der Waals surface area (Å²) in [5.74, 6) is -1.10. The smallest absolute Gasteiger partial charge is 0.195 e. The minimum absolute atomic E-state index is 0.135. The van der Waals surface area contributed by atoms with Crippen LogP contribution in [-0.2, 0) is 0 Å². The molecule has 2 aromatic carbocycles. The molecule has 0 radical (unpaired) electrons. The molecule has 5 heteroatoms. The number of ether oxygens (including phenoxy) is 1. The Bertz CT molecular complexity index is 866. The first-order valence-electron chi connectivity index (χ1n) is 6.67. The maximum absolute atomic E-state index is 13.8. The lowest BCUT2D eigenvalue weighted by Crippen LogP contribution is -2.02. The number of methoxy groups -OCH3 is 1. The molecule has 0 saturated carbocycles. The molecular weight excluding hydrogens is 288 g/mol. The first kappa shape index (κ1) is 14.3. The molecule has 0 unspecified atom stereocenters. The largest absolute Gasteiger partial charge is 0.497 e. The van der Waals surface area contributed by atoms with Crippen LogP contribution in [0.2, 0.25) is 0 Å². The Morgan fingerprint density at radius 3 is 2.45 bits per heavy atom. The maximum Gasteiger partial charge on any atom is 0.195 e. The highest BCUT2D eigenvalue weighted by Crippen LogP contribution is 2.28. The van der Waals surface area contributed by atoms with Crippen LogP contribution >= 0.6 is 0 Å². The van der Waals surface area contributed by atoms with E-state index in [2.05, 4.69) is 4.98 Å². The van der Waals surface area contributed by atoms with Crippen molar-refractivity contribution >= 4 is 16.7 Å². The molecule has 1 N–H and O–H groups in total. The standard InChI is InChI=1S/C17H13F2NO2/c1-9-15(13-7-11(18)8-14(19)16(13)20-9)17(21)10-3-5-12(22-2)6-4-10/h3-8,20H,1-2H3. The van der Waals surface area contributed by atoms with Gasteiger partial charge in [-0.15, -0.1) is 0 Å². The summed E-state index contributed by atoms with van der Waals surface area (Å²) in [6.45, 7) is 1.66. The van der Waals surface area contributed by atoms with Crippen molar-refractivity contribution in [2.45, 2.75) is 6.92 Å². The fourth-order valence-corrected chi connectivity index (χ4v) is 2.53. The minimum atomic E-state index is -0.716. The molecule has 3 aromatic rings. The highest BCUT2D eigenvalue weighted by atomic mass is 19.1. The number of aryl methyl sites for hydroxylation is 1. The third-order valence-corrected chi connectivity index (χ3v) is 3.59. The molecule has 0 aliphatic carbocycles. The van der Waals surface area contributed by atoms with Gasteiger partial charge in [-0.25, -0.2) is 8.78 Å². The van der Waals surface area contributed by atoms with Gasteiger partial charge >= 0.3 is 0 Å². The maximum atomic E-state index is 13.8. The number of fused-ring (bicyclic) bond motifs is 1. The van der Waals surface area contributed by atoms with Crippen LogP contribution in [0.15, 0.2) is 36.4 Å². The second-order valence-electron chi connectivity index (χ2n) is 4.99. The zero-order valence-corrected chi connectivity index (χ0v) is 12.0. The van der Waals surface area contributed by atoms with E-state index in [1.165, 1.54) is 13.2 Å². The van der Waals surface area contributed by atoms with E-state index in [9.17, 15) is 13.6 Å². The van der Waals surface area contributed by atoms with Crippen molar-refractivity contribution < 1.29 is 18.3 Å². The molecular formula is C17H13F2NO2. The van der Waals surface area contributed by atoms with Crippen molar-refractivity contribution in [3.8, 4) is 5.75 Å². The molecule has 0 saturated heterocycles. The summed E-state index contributed by atoms with van der Waals surface area (Å²) in [5.41, 5.74) is 1.34. The number of rotatable bonds is 3. The Balaban J connectivity index is 2.16. The Kier molecular flexibility index (Phi) is 3.41. The molecule has 3 nitrogen and oxygen atoms in total. The van der Waals surface area contributed by atoms with Crippen molar-refractivity contribution in [3.05, 3.63) is 64.9 Å². The van der Waals surface area contributed by atoms with Crippen molar-refractivity contribution in [1.29, 1.82) is 0 Å². The molecule has 3 rings (SSSR count). The molecule has 0 spiro atoms. The summed E-state index contributed by atoms with van der Waals surface area (Å²) in [6, 6.07) is 8.53. The Labute approximate surface area is 125 Å². The van der Waals surface area contributed by atoms with Gasteiger partial charge in [-0.1, -0.05) is 0 Å². The number of ketones is 1. The number of aromatic nitrogens is 1. The fourth-order valence-electron chi connectivity index (χ4n) is 2.53. The molecule has 0 fully saturated rings. The van der Waals surface area contributed by atoms with Gasteiger partial charge in [0.25, 0.3) is 0 Å². The van der Waals surface area contributed by atoms with E-state index < -0.39 is 11.6 Å².